The molecule has 3 N–H and O–H groups in total. The molecule has 2 unspecified atom stereocenters. The number of amides is 2. The van der Waals surface area contributed by atoms with Crippen LogP contribution in [-0.2, 0) is 19.4 Å². The molecule has 0 aliphatic carbocycles. The number of ether oxygens (including phenoxy) is 1. The van der Waals surface area contributed by atoms with Gasteiger partial charge in [-0.3, -0.25) is 9.59 Å². The summed E-state index contributed by atoms with van der Waals surface area (Å²) in [7, 11) is -4.00. The molecule has 0 saturated carbocycles. The molecule has 2 amide bonds. The molecule has 0 aliphatic rings. The van der Waals surface area contributed by atoms with Gasteiger partial charge in [0.05, 0.1) is 33.0 Å². The number of carbonyl (C=O) groups excluding carboxylic acids is 3. The average Bonchev–Trinajstić information content (AvgIpc) is 2.95. The summed E-state index contributed by atoms with van der Waals surface area (Å²) in [5.74, 6) is -2.30. The fourth-order valence-electron chi connectivity index (χ4n) is 3.73. The molecule has 0 bridgehead atoms. The van der Waals surface area contributed by atoms with E-state index in [0.29, 0.717) is 6.42 Å². The summed E-state index contributed by atoms with van der Waals surface area (Å²) in [6.07, 6.45) is 2.31. The molecule has 218 valence electrons. The number of anilines is 2. The molecule has 0 aromatic heterocycles. The van der Waals surface area contributed by atoms with Gasteiger partial charge >= 0.3 is 5.97 Å². The number of aromatic hydroxyl groups is 1. The van der Waals surface area contributed by atoms with Crippen LogP contribution in [0, 0.1) is 0 Å². The first-order valence-corrected chi connectivity index (χ1v) is 15.9. The Kier molecular flexibility index (Phi) is 10.8. The van der Waals surface area contributed by atoms with Crippen molar-refractivity contribution in [3.8, 4) is 5.75 Å². The fraction of sp³-hybridized carbons (Fsp3) is 0.276. The average molecular weight is 619 g/mol. The zero-order valence-corrected chi connectivity index (χ0v) is 25.3. The predicted octanol–water partition coefficient (Wildman–Crippen LogP) is 6.17. The quantitative estimate of drug-likeness (QED) is 0.132. The van der Waals surface area contributed by atoms with Gasteiger partial charge in [-0.2, -0.15) is 0 Å². The standard InChI is InChI=1S/C29H31ClN2O7S2/c1-5-17(3)39-29(36)19-9-7-18(8-10-19)27(34)32-24-15-22(30)23(16-25(24)33)31-28(35)26(6-2)41(37,38)21-13-11-20(40-4)12-14-21/h7-17,26,33H,5-6H2,1-4H3,(H,31,35)(H,32,34). The molecule has 0 heterocycles. The van der Waals surface area contributed by atoms with E-state index in [9.17, 15) is 27.9 Å². The zero-order chi connectivity index (χ0) is 30.3. The van der Waals surface area contributed by atoms with Crippen molar-refractivity contribution >= 4 is 62.4 Å². The van der Waals surface area contributed by atoms with Crippen LogP contribution in [0.1, 0.15) is 54.3 Å². The van der Waals surface area contributed by atoms with Crippen LogP contribution in [0.2, 0.25) is 5.02 Å². The van der Waals surface area contributed by atoms with E-state index >= 15 is 0 Å². The predicted molar refractivity (Wildman–Crippen MR) is 161 cm³/mol. The van der Waals surface area contributed by atoms with Gasteiger partial charge in [0.25, 0.3) is 5.91 Å². The van der Waals surface area contributed by atoms with Gasteiger partial charge in [0.2, 0.25) is 5.91 Å². The number of carbonyl (C=O) groups is 3. The number of thioether (sulfide) groups is 1. The molecule has 2 atom stereocenters. The van der Waals surface area contributed by atoms with Crippen LogP contribution in [0.4, 0.5) is 11.4 Å². The fourth-order valence-corrected chi connectivity index (χ4v) is 5.98. The number of hydrogen-bond donors (Lipinski definition) is 3. The van der Waals surface area contributed by atoms with Crippen molar-refractivity contribution in [3.63, 3.8) is 0 Å². The number of sulfone groups is 1. The van der Waals surface area contributed by atoms with Gasteiger partial charge < -0.3 is 20.5 Å². The normalized spacial score (nSPS) is 12.7. The van der Waals surface area contributed by atoms with E-state index in [1.54, 1.807) is 26.0 Å². The van der Waals surface area contributed by atoms with Crippen LogP contribution in [0.5, 0.6) is 5.75 Å². The van der Waals surface area contributed by atoms with Crippen LogP contribution >= 0.6 is 23.4 Å². The lowest BCUT2D eigenvalue weighted by atomic mass is 10.1. The molecule has 0 spiro atoms. The second kappa shape index (κ2) is 13.9. The van der Waals surface area contributed by atoms with Crippen molar-refractivity contribution < 1.29 is 32.6 Å². The lowest BCUT2D eigenvalue weighted by Crippen LogP contribution is -2.34. The number of benzene rings is 3. The van der Waals surface area contributed by atoms with Crippen molar-refractivity contribution in [1.82, 2.24) is 0 Å². The van der Waals surface area contributed by atoms with E-state index in [1.807, 2.05) is 13.2 Å². The van der Waals surface area contributed by atoms with Gasteiger partial charge in [0.15, 0.2) is 9.84 Å². The third-order valence-electron chi connectivity index (χ3n) is 6.28. The number of esters is 1. The summed E-state index contributed by atoms with van der Waals surface area (Å²) < 4.78 is 31.6. The summed E-state index contributed by atoms with van der Waals surface area (Å²) in [5, 5.41) is 14.1. The highest BCUT2D eigenvalue weighted by atomic mass is 35.5. The highest BCUT2D eigenvalue weighted by Gasteiger charge is 2.33. The smallest absolute Gasteiger partial charge is 0.338 e. The third kappa shape index (κ3) is 7.81. The van der Waals surface area contributed by atoms with Gasteiger partial charge in [0.1, 0.15) is 11.0 Å². The second-order valence-electron chi connectivity index (χ2n) is 9.11. The number of phenols is 1. The molecule has 3 aromatic carbocycles. The van der Waals surface area contributed by atoms with Crippen molar-refractivity contribution in [3.05, 3.63) is 76.8 Å². The summed E-state index contributed by atoms with van der Waals surface area (Å²) in [5.41, 5.74) is 0.436. The maximum Gasteiger partial charge on any atom is 0.338 e. The maximum absolute atomic E-state index is 13.2. The van der Waals surface area contributed by atoms with E-state index in [2.05, 4.69) is 10.6 Å². The molecule has 3 aromatic rings. The van der Waals surface area contributed by atoms with Crippen LogP contribution in [0.15, 0.2) is 70.5 Å². The minimum atomic E-state index is -4.00. The molecule has 0 radical (unpaired) electrons. The van der Waals surface area contributed by atoms with E-state index in [4.69, 9.17) is 16.3 Å². The maximum atomic E-state index is 13.2. The van der Waals surface area contributed by atoms with Gasteiger partial charge in [-0.25, -0.2) is 13.2 Å². The van der Waals surface area contributed by atoms with Crippen molar-refractivity contribution in [2.24, 2.45) is 0 Å². The zero-order valence-electron chi connectivity index (χ0n) is 22.9. The van der Waals surface area contributed by atoms with E-state index in [1.165, 1.54) is 54.2 Å². The van der Waals surface area contributed by atoms with Gasteiger partial charge in [0, 0.05) is 16.5 Å². The number of phenolic OH excluding ortho intramolecular Hbond substituents is 1. The summed E-state index contributed by atoms with van der Waals surface area (Å²) in [4.78, 5) is 38.8. The number of hydrogen-bond acceptors (Lipinski definition) is 8. The van der Waals surface area contributed by atoms with Gasteiger partial charge in [-0.05, 0) is 80.6 Å². The van der Waals surface area contributed by atoms with Crippen LogP contribution in [0.3, 0.4) is 0 Å². The van der Waals surface area contributed by atoms with Crippen LogP contribution < -0.4 is 10.6 Å². The number of rotatable bonds is 11. The first-order valence-electron chi connectivity index (χ1n) is 12.7. The molecule has 9 nitrogen and oxygen atoms in total. The minimum Gasteiger partial charge on any atom is -0.506 e. The highest BCUT2D eigenvalue weighted by Crippen LogP contribution is 2.35. The molecule has 0 fully saturated rings. The molecular formula is C29H31ClN2O7S2. The Hall–Kier alpha value is -3.54. The van der Waals surface area contributed by atoms with E-state index < -0.39 is 38.6 Å². The Morgan fingerprint density at radius 3 is 2.10 bits per heavy atom. The molecular weight excluding hydrogens is 588 g/mol. The lowest BCUT2D eigenvalue weighted by Gasteiger charge is -2.18. The van der Waals surface area contributed by atoms with E-state index in [-0.39, 0.29) is 44.9 Å². The topological polar surface area (TPSA) is 139 Å². The number of halogens is 1. The highest BCUT2D eigenvalue weighted by molar-refractivity contribution is 7.98. The summed E-state index contributed by atoms with van der Waals surface area (Å²) >= 11 is 7.78. The third-order valence-corrected chi connectivity index (χ3v) is 9.57. The Morgan fingerprint density at radius 2 is 1.54 bits per heavy atom. The van der Waals surface area contributed by atoms with Crippen molar-refractivity contribution in [2.45, 2.75) is 54.8 Å². The Labute approximate surface area is 248 Å². The lowest BCUT2D eigenvalue weighted by molar-refractivity contribution is -0.115. The first-order chi connectivity index (χ1) is 19.4. The largest absolute Gasteiger partial charge is 0.506 e. The molecule has 3 rings (SSSR count). The van der Waals surface area contributed by atoms with E-state index in [0.717, 1.165) is 11.0 Å². The van der Waals surface area contributed by atoms with Gasteiger partial charge in [-0.15, -0.1) is 11.8 Å². The second-order valence-corrected chi connectivity index (χ2v) is 12.5. The molecule has 0 aliphatic heterocycles. The molecule has 12 heteroatoms. The summed E-state index contributed by atoms with van der Waals surface area (Å²) in [6.45, 7) is 5.26. The first kappa shape index (κ1) is 32.0. The monoisotopic (exact) mass is 618 g/mol. The Balaban J connectivity index is 1.73. The Morgan fingerprint density at radius 1 is 0.927 bits per heavy atom. The minimum absolute atomic E-state index is 0.00430. The SMILES string of the molecule is CCC(C)OC(=O)c1ccc(C(=O)Nc2cc(Cl)c(NC(=O)C(CC)S(=O)(=O)c3ccc(SC)cc3)cc2O)cc1. The van der Waals surface area contributed by atoms with Crippen LogP contribution in [-0.4, -0.2) is 48.9 Å². The number of nitrogens with one attached hydrogen (secondary N) is 2. The molecule has 0 saturated heterocycles. The summed E-state index contributed by atoms with van der Waals surface area (Å²) in [6, 6.07) is 14.4. The van der Waals surface area contributed by atoms with Crippen molar-refractivity contribution in [1.29, 1.82) is 0 Å². The van der Waals surface area contributed by atoms with Gasteiger partial charge in [-0.1, -0.05) is 25.4 Å². The molecule has 41 heavy (non-hydrogen) atoms. The van der Waals surface area contributed by atoms with Crippen LogP contribution in [0.25, 0.3) is 0 Å². The Bertz CT molecular complexity index is 1530. The van der Waals surface area contributed by atoms with Crippen molar-refractivity contribution in [2.75, 3.05) is 16.9 Å².